The van der Waals surface area contributed by atoms with Gasteiger partial charge in [-0.2, -0.15) is 0 Å². The topological polar surface area (TPSA) is 29.5 Å². The van der Waals surface area contributed by atoms with E-state index in [1.54, 1.807) is 0 Å². The Kier molecular flexibility index (Phi) is 2.00. The summed E-state index contributed by atoms with van der Waals surface area (Å²) >= 11 is 0. The number of ether oxygens (including phenoxy) is 1. The first kappa shape index (κ1) is 9.46. The van der Waals surface area contributed by atoms with Crippen molar-refractivity contribution in [3.05, 3.63) is 29.1 Å². The molecule has 76 valence electrons. The molecule has 14 heavy (non-hydrogen) atoms. The Bertz CT molecular complexity index is 372. The predicted octanol–water partition coefficient (Wildman–Crippen LogP) is 2.03. The maximum Gasteiger partial charge on any atom is 0.127 e. The molecule has 2 nitrogen and oxygen atoms in total. The first-order valence-electron chi connectivity index (χ1n) is 4.63. The molecule has 0 bridgehead atoms. The van der Waals surface area contributed by atoms with E-state index < -0.39 is 0 Å². The van der Waals surface area contributed by atoms with Crippen LogP contribution in [0.3, 0.4) is 0 Å². The molecule has 3 heteroatoms. The second kappa shape index (κ2) is 2.95. The summed E-state index contributed by atoms with van der Waals surface area (Å²) < 4.78 is 18.6. The van der Waals surface area contributed by atoms with Gasteiger partial charge in [-0.1, -0.05) is 0 Å². The van der Waals surface area contributed by atoms with Crippen LogP contribution in [0.25, 0.3) is 0 Å². The van der Waals surface area contributed by atoms with Gasteiger partial charge in [0.2, 0.25) is 0 Å². The Morgan fingerprint density at radius 3 is 2.86 bits per heavy atom. The van der Waals surface area contributed by atoms with Crippen LogP contribution in [-0.2, 0) is 13.0 Å². The standard InChI is InChI=1S/C11H13FO2/c1-11(2)5-9-7(6-13)3-8(12)4-10(9)14-11/h3-4,13H,5-6H2,1-2H3. The lowest BCUT2D eigenvalue weighted by Crippen LogP contribution is -2.24. The van der Waals surface area contributed by atoms with Crippen molar-refractivity contribution < 1.29 is 14.2 Å². The van der Waals surface area contributed by atoms with Crippen LogP contribution in [0, 0.1) is 5.82 Å². The Morgan fingerprint density at radius 1 is 1.50 bits per heavy atom. The third-order valence-corrected chi connectivity index (χ3v) is 2.43. The molecule has 0 unspecified atom stereocenters. The number of aliphatic hydroxyl groups excluding tert-OH is 1. The molecule has 0 aliphatic carbocycles. The van der Waals surface area contributed by atoms with Crippen LogP contribution in [0.1, 0.15) is 25.0 Å². The van der Waals surface area contributed by atoms with Gasteiger partial charge in [-0.25, -0.2) is 4.39 Å². The zero-order chi connectivity index (χ0) is 10.3. The van der Waals surface area contributed by atoms with Gasteiger partial charge < -0.3 is 9.84 Å². The van der Waals surface area contributed by atoms with Crippen LogP contribution in [0.4, 0.5) is 4.39 Å². The van der Waals surface area contributed by atoms with E-state index in [1.807, 2.05) is 13.8 Å². The minimum atomic E-state index is -0.356. The highest BCUT2D eigenvalue weighted by atomic mass is 19.1. The number of benzene rings is 1. The van der Waals surface area contributed by atoms with Crippen molar-refractivity contribution in [2.75, 3.05) is 0 Å². The van der Waals surface area contributed by atoms with Crippen LogP contribution < -0.4 is 4.74 Å². The summed E-state index contributed by atoms with van der Waals surface area (Å²) in [6.45, 7) is 3.76. The highest BCUT2D eigenvalue weighted by molar-refractivity contribution is 5.44. The van der Waals surface area contributed by atoms with Crippen LogP contribution in [0.5, 0.6) is 5.75 Å². The molecule has 0 fully saturated rings. The normalized spacial score (nSPS) is 17.7. The van der Waals surface area contributed by atoms with Crippen molar-refractivity contribution in [2.24, 2.45) is 0 Å². The molecular weight excluding hydrogens is 183 g/mol. The van der Waals surface area contributed by atoms with E-state index in [0.29, 0.717) is 11.3 Å². The molecule has 1 aliphatic heterocycles. The molecule has 0 radical (unpaired) electrons. The molecule has 1 aromatic carbocycles. The van der Waals surface area contributed by atoms with Crippen molar-refractivity contribution in [3.8, 4) is 5.75 Å². The Balaban J connectivity index is 2.50. The maximum atomic E-state index is 13.1. The van der Waals surface area contributed by atoms with Crippen molar-refractivity contribution in [3.63, 3.8) is 0 Å². The quantitative estimate of drug-likeness (QED) is 0.744. The third kappa shape index (κ3) is 1.48. The van der Waals surface area contributed by atoms with Crippen molar-refractivity contribution in [2.45, 2.75) is 32.5 Å². The van der Waals surface area contributed by atoms with Crippen LogP contribution in [0.2, 0.25) is 0 Å². The first-order valence-corrected chi connectivity index (χ1v) is 4.63. The van der Waals surface area contributed by atoms with E-state index in [2.05, 4.69) is 0 Å². The Labute approximate surface area is 82.3 Å². The van der Waals surface area contributed by atoms with Gasteiger partial charge in [0.15, 0.2) is 0 Å². The Hall–Kier alpha value is -1.09. The summed E-state index contributed by atoms with van der Waals surface area (Å²) in [7, 11) is 0. The number of rotatable bonds is 1. The van der Waals surface area contributed by atoms with Gasteiger partial charge in [0.1, 0.15) is 17.2 Å². The van der Waals surface area contributed by atoms with E-state index in [-0.39, 0.29) is 18.0 Å². The lowest BCUT2D eigenvalue weighted by molar-refractivity contribution is 0.138. The zero-order valence-electron chi connectivity index (χ0n) is 8.30. The van der Waals surface area contributed by atoms with Gasteiger partial charge in [-0.3, -0.25) is 0 Å². The van der Waals surface area contributed by atoms with E-state index in [9.17, 15) is 4.39 Å². The SMILES string of the molecule is CC1(C)Cc2c(CO)cc(F)cc2O1. The second-order valence-corrected chi connectivity index (χ2v) is 4.24. The lowest BCUT2D eigenvalue weighted by atomic mass is 9.98. The molecule has 1 heterocycles. The fourth-order valence-electron chi connectivity index (χ4n) is 1.86. The van der Waals surface area contributed by atoms with Crippen LogP contribution in [0.15, 0.2) is 12.1 Å². The highest BCUT2D eigenvalue weighted by Gasteiger charge is 2.32. The molecule has 0 amide bonds. The fourth-order valence-corrected chi connectivity index (χ4v) is 1.86. The van der Waals surface area contributed by atoms with Gasteiger partial charge in [0.05, 0.1) is 6.61 Å². The van der Waals surface area contributed by atoms with E-state index in [4.69, 9.17) is 9.84 Å². The van der Waals surface area contributed by atoms with Gasteiger partial charge >= 0.3 is 0 Å². The lowest BCUT2D eigenvalue weighted by Gasteiger charge is -2.16. The summed E-state index contributed by atoms with van der Waals surface area (Å²) in [5.41, 5.74) is 1.27. The van der Waals surface area contributed by atoms with Crippen LogP contribution >= 0.6 is 0 Å². The van der Waals surface area contributed by atoms with Gasteiger partial charge in [0, 0.05) is 18.1 Å². The third-order valence-electron chi connectivity index (χ3n) is 2.43. The van der Waals surface area contributed by atoms with Crippen molar-refractivity contribution >= 4 is 0 Å². The highest BCUT2D eigenvalue weighted by Crippen LogP contribution is 2.37. The molecule has 0 saturated heterocycles. The largest absolute Gasteiger partial charge is 0.487 e. The van der Waals surface area contributed by atoms with Crippen LogP contribution in [-0.4, -0.2) is 10.7 Å². The number of halogens is 1. The zero-order valence-corrected chi connectivity index (χ0v) is 8.30. The molecule has 0 aromatic heterocycles. The van der Waals surface area contributed by atoms with Crippen molar-refractivity contribution in [1.29, 1.82) is 0 Å². The smallest absolute Gasteiger partial charge is 0.127 e. The average molecular weight is 196 g/mol. The molecule has 0 spiro atoms. The predicted molar refractivity (Wildman–Crippen MR) is 50.7 cm³/mol. The molecule has 0 saturated carbocycles. The monoisotopic (exact) mass is 196 g/mol. The van der Waals surface area contributed by atoms with Gasteiger partial charge in [-0.15, -0.1) is 0 Å². The minimum Gasteiger partial charge on any atom is -0.487 e. The fraction of sp³-hybridized carbons (Fsp3) is 0.455. The summed E-state index contributed by atoms with van der Waals surface area (Å²) in [6, 6.07) is 2.74. The van der Waals surface area contributed by atoms with E-state index >= 15 is 0 Å². The summed E-state index contributed by atoms with van der Waals surface area (Å²) in [6.07, 6.45) is 0.721. The van der Waals surface area contributed by atoms with E-state index in [0.717, 1.165) is 12.0 Å². The summed E-state index contributed by atoms with van der Waals surface area (Å²) in [5, 5.41) is 9.07. The number of hydrogen-bond donors (Lipinski definition) is 1. The van der Waals surface area contributed by atoms with E-state index in [1.165, 1.54) is 12.1 Å². The Morgan fingerprint density at radius 2 is 2.21 bits per heavy atom. The summed E-state index contributed by atoms with van der Waals surface area (Å²) in [5.74, 6) is 0.213. The first-order chi connectivity index (χ1) is 6.52. The number of hydrogen-bond acceptors (Lipinski definition) is 2. The van der Waals surface area contributed by atoms with Gasteiger partial charge in [0.25, 0.3) is 0 Å². The number of aliphatic hydroxyl groups is 1. The summed E-state index contributed by atoms with van der Waals surface area (Å²) in [4.78, 5) is 0. The molecule has 1 aliphatic rings. The number of fused-ring (bicyclic) bond motifs is 1. The second-order valence-electron chi connectivity index (χ2n) is 4.24. The minimum absolute atomic E-state index is 0.139. The molecular formula is C11H13FO2. The molecule has 2 rings (SSSR count). The van der Waals surface area contributed by atoms with Crippen molar-refractivity contribution in [1.82, 2.24) is 0 Å². The molecule has 1 N–H and O–H groups in total. The molecule has 0 atom stereocenters. The average Bonchev–Trinajstić information content (AvgIpc) is 2.37. The molecule has 1 aromatic rings. The maximum absolute atomic E-state index is 13.1. The van der Waals surface area contributed by atoms with Gasteiger partial charge in [-0.05, 0) is 25.5 Å².